The van der Waals surface area contributed by atoms with Crippen molar-refractivity contribution in [1.29, 1.82) is 0 Å². The van der Waals surface area contributed by atoms with E-state index in [0.29, 0.717) is 6.54 Å². The van der Waals surface area contributed by atoms with E-state index in [9.17, 15) is 14.4 Å². The van der Waals surface area contributed by atoms with Gasteiger partial charge < -0.3 is 14.6 Å². The number of carbonyl (C=O) groups is 3. The molecule has 0 bridgehead atoms. The van der Waals surface area contributed by atoms with Gasteiger partial charge in [-0.05, 0) is 25.0 Å². The van der Waals surface area contributed by atoms with Gasteiger partial charge in [-0.2, -0.15) is 0 Å². The fraction of sp³-hybridized carbons (Fsp3) is 0.611. The molecule has 2 aliphatic rings. The van der Waals surface area contributed by atoms with E-state index in [1.807, 2.05) is 26.2 Å². The van der Waals surface area contributed by atoms with Crippen molar-refractivity contribution >= 4 is 17.7 Å². The summed E-state index contributed by atoms with van der Waals surface area (Å²) < 4.78 is 5.43. The lowest BCUT2D eigenvalue weighted by Crippen LogP contribution is -3.07. The average molecular weight is 348 g/mol. The van der Waals surface area contributed by atoms with E-state index in [4.69, 9.17) is 4.42 Å². The Kier molecular flexibility index (Phi) is 5.22. The highest BCUT2D eigenvalue weighted by molar-refractivity contribution is 6.07. The van der Waals surface area contributed by atoms with Crippen LogP contribution in [0.2, 0.25) is 0 Å². The van der Waals surface area contributed by atoms with E-state index in [0.717, 1.165) is 41.2 Å². The quantitative estimate of drug-likeness (QED) is 0.695. The van der Waals surface area contributed by atoms with Gasteiger partial charge in [0.05, 0.1) is 38.7 Å². The van der Waals surface area contributed by atoms with E-state index in [2.05, 4.69) is 5.32 Å². The first-order valence-corrected chi connectivity index (χ1v) is 8.94. The number of rotatable bonds is 6. The first-order valence-electron chi connectivity index (χ1n) is 8.94. The third-order valence-corrected chi connectivity index (χ3v) is 5.32. The number of quaternary nitrogens is 1. The average Bonchev–Trinajstić information content (AvgIpc) is 3.19. The standard InChI is InChI=1S/C18H25N3O4/c1-20(2)14(15-8-5-9-25-15)10-19-16(22)11-21-17(23)12-6-3-4-7-13(12)18(21)24/h5,8-9,12-14H,3-4,6-7,10-11H2,1-2H3,(H,19,22)/p+1/t12-,13-,14+/m0/s1. The van der Waals surface area contributed by atoms with Crippen LogP contribution in [0.5, 0.6) is 0 Å². The molecule has 1 saturated carbocycles. The molecule has 3 amide bonds. The van der Waals surface area contributed by atoms with Crippen molar-refractivity contribution in [3.63, 3.8) is 0 Å². The van der Waals surface area contributed by atoms with Gasteiger partial charge in [-0.3, -0.25) is 19.3 Å². The minimum absolute atomic E-state index is 0.0217. The van der Waals surface area contributed by atoms with Gasteiger partial charge in [0, 0.05) is 0 Å². The van der Waals surface area contributed by atoms with E-state index in [1.54, 1.807) is 6.26 Å². The van der Waals surface area contributed by atoms with E-state index in [-0.39, 0.29) is 42.1 Å². The number of imide groups is 1. The number of furan rings is 1. The van der Waals surface area contributed by atoms with Gasteiger partial charge in [-0.1, -0.05) is 12.8 Å². The summed E-state index contributed by atoms with van der Waals surface area (Å²) in [6, 6.07) is 3.67. The molecule has 3 rings (SSSR count). The fourth-order valence-corrected chi connectivity index (χ4v) is 3.88. The Bertz CT molecular complexity index is 617. The maximum atomic E-state index is 12.4. The summed E-state index contributed by atoms with van der Waals surface area (Å²) in [5.41, 5.74) is 0. The molecule has 1 saturated heterocycles. The molecule has 136 valence electrons. The molecule has 1 aromatic heterocycles. The zero-order valence-corrected chi connectivity index (χ0v) is 14.8. The molecular formula is C18H26N3O4+. The van der Waals surface area contributed by atoms with Crippen LogP contribution in [-0.4, -0.2) is 49.8 Å². The van der Waals surface area contributed by atoms with Crippen LogP contribution >= 0.6 is 0 Å². The maximum Gasteiger partial charge on any atom is 0.240 e. The van der Waals surface area contributed by atoms with Crippen LogP contribution in [0.25, 0.3) is 0 Å². The molecule has 0 spiro atoms. The van der Waals surface area contributed by atoms with Gasteiger partial charge in [0.1, 0.15) is 6.54 Å². The van der Waals surface area contributed by atoms with Crippen LogP contribution in [0.3, 0.4) is 0 Å². The van der Waals surface area contributed by atoms with Gasteiger partial charge in [0.15, 0.2) is 11.8 Å². The Morgan fingerprint density at radius 3 is 2.44 bits per heavy atom. The van der Waals surface area contributed by atoms with E-state index in [1.165, 1.54) is 0 Å². The number of nitrogens with one attached hydrogen (secondary N) is 2. The first kappa shape index (κ1) is 17.7. The van der Waals surface area contributed by atoms with Gasteiger partial charge in [-0.15, -0.1) is 0 Å². The second kappa shape index (κ2) is 7.39. The Balaban J connectivity index is 1.57. The summed E-state index contributed by atoms with van der Waals surface area (Å²) in [5.74, 6) is -0.290. The van der Waals surface area contributed by atoms with Crippen molar-refractivity contribution in [2.75, 3.05) is 27.2 Å². The van der Waals surface area contributed by atoms with Crippen molar-refractivity contribution in [3.05, 3.63) is 24.2 Å². The number of likely N-dealkylation sites (N-methyl/N-ethyl adjacent to an activating group) is 1. The summed E-state index contributed by atoms with van der Waals surface area (Å²) in [6.07, 6.45) is 5.10. The Hall–Kier alpha value is -2.15. The largest absolute Gasteiger partial charge is 0.463 e. The number of nitrogens with zero attached hydrogens (tertiary/aromatic N) is 1. The number of hydrogen-bond donors (Lipinski definition) is 2. The van der Waals surface area contributed by atoms with Crippen molar-refractivity contribution in [1.82, 2.24) is 10.2 Å². The van der Waals surface area contributed by atoms with Gasteiger partial charge >= 0.3 is 0 Å². The predicted octanol–water partition coefficient (Wildman–Crippen LogP) is -0.243. The second-order valence-electron chi connectivity index (χ2n) is 7.21. The van der Waals surface area contributed by atoms with Crippen molar-refractivity contribution in [2.24, 2.45) is 11.8 Å². The summed E-state index contributed by atoms with van der Waals surface area (Å²) >= 11 is 0. The summed E-state index contributed by atoms with van der Waals surface area (Å²) in [7, 11) is 3.97. The molecule has 2 heterocycles. The minimum Gasteiger partial charge on any atom is -0.463 e. The van der Waals surface area contributed by atoms with Gasteiger partial charge in [0.25, 0.3) is 0 Å². The number of likely N-dealkylation sites (tertiary alicyclic amines) is 1. The molecule has 0 radical (unpaired) electrons. The second-order valence-corrected chi connectivity index (χ2v) is 7.21. The fourth-order valence-electron chi connectivity index (χ4n) is 3.88. The monoisotopic (exact) mass is 348 g/mol. The zero-order chi connectivity index (χ0) is 18.0. The van der Waals surface area contributed by atoms with Crippen LogP contribution in [0.1, 0.15) is 37.5 Å². The highest BCUT2D eigenvalue weighted by Gasteiger charge is 2.48. The molecule has 1 aromatic rings. The first-order chi connectivity index (χ1) is 12.0. The number of hydrogen-bond acceptors (Lipinski definition) is 4. The maximum absolute atomic E-state index is 12.4. The number of amides is 3. The summed E-state index contributed by atoms with van der Waals surface area (Å²) in [4.78, 5) is 39.4. The molecule has 1 aliphatic heterocycles. The van der Waals surface area contributed by atoms with Gasteiger partial charge in [-0.25, -0.2) is 0 Å². The van der Waals surface area contributed by atoms with Crippen LogP contribution < -0.4 is 10.2 Å². The van der Waals surface area contributed by atoms with Gasteiger partial charge in [0.2, 0.25) is 17.7 Å². The smallest absolute Gasteiger partial charge is 0.240 e. The lowest BCUT2D eigenvalue weighted by Gasteiger charge is -2.20. The van der Waals surface area contributed by atoms with Crippen LogP contribution in [0, 0.1) is 11.8 Å². The molecule has 0 aromatic carbocycles. The SMILES string of the molecule is C[NH+](C)[C@H](CNC(=O)CN1C(=O)[C@H]2CCCC[C@@H]2C1=O)c1ccco1. The zero-order valence-electron chi connectivity index (χ0n) is 14.8. The Morgan fingerprint density at radius 1 is 1.28 bits per heavy atom. The third kappa shape index (κ3) is 3.61. The molecule has 3 atom stereocenters. The molecular weight excluding hydrogens is 322 g/mol. The summed E-state index contributed by atoms with van der Waals surface area (Å²) in [5, 5.41) is 2.84. The third-order valence-electron chi connectivity index (χ3n) is 5.32. The normalized spacial score (nSPS) is 24.5. The molecule has 7 heteroatoms. The molecule has 7 nitrogen and oxygen atoms in total. The van der Waals surface area contributed by atoms with Crippen molar-refractivity contribution in [2.45, 2.75) is 31.7 Å². The van der Waals surface area contributed by atoms with E-state index < -0.39 is 0 Å². The highest BCUT2D eigenvalue weighted by Crippen LogP contribution is 2.37. The van der Waals surface area contributed by atoms with Crippen LogP contribution in [-0.2, 0) is 14.4 Å². The van der Waals surface area contributed by atoms with Crippen LogP contribution in [0.15, 0.2) is 22.8 Å². The molecule has 2 N–H and O–H groups in total. The molecule has 0 unspecified atom stereocenters. The summed E-state index contributed by atoms with van der Waals surface area (Å²) in [6.45, 7) is 0.204. The van der Waals surface area contributed by atoms with Crippen molar-refractivity contribution < 1.29 is 23.7 Å². The Labute approximate surface area is 147 Å². The van der Waals surface area contributed by atoms with E-state index >= 15 is 0 Å². The molecule has 1 aliphatic carbocycles. The van der Waals surface area contributed by atoms with Crippen LogP contribution in [0.4, 0.5) is 0 Å². The molecule has 25 heavy (non-hydrogen) atoms. The topological polar surface area (TPSA) is 84.1 Å². The number of carbonyl (C=O) groups excluding carboxylic acids is 3. The Morgan fingerprint density at radius 2 is 1.92 bits per heavy atom. The lowest BCUT2D eigenvalue weighted by molar-refractivity contribution is -0.891. The lowest BCUT2D eigenvalue weighted by atomic mass is 9.81. The van der Waals surface area contributed by atoms with Crippen molar-refractivity contribution in [3.8, 4) is 0 Å². The highest BCUT2D eigenvalue weighted by atomic mass is 16.3. The molecule has 2 fully saturated rings. The number of fused-ring (bicyclic) bond motifs is 1. The predicted molar refractivity (Wildman–Crippen MR) is 89.4 cm³/mol. The minimum atomic E-state index is -0.307.